The van der Waals surface area contributed by atoms with Gasteiger partial charge in [0.05, 0.1) is 6.10 Å². The lowest BCUT2D eigenvalue weighted by Gasteiger charge is -2.36. The van der Waals surface area contributed by atoms with E-state index < -0.39 is 24.0 Å². The summed E-state index contributed by atoms with van der Waals surface area (Å²) < 4.78 is 42.7. The third-order valence-corrected chi connectivity index (χ3v) is 7.38. The Bertz CT molecular complexity index is 953. The monoisotopic (exact) mass is 521 g/mol. The zero-order valence-electron chi connectivity index (χ0n) is 22.2. The van der Waals surface area contributed by atoms with Crippen molar-refractivity contribution in [3.63, 3.8) is 0 Å². The molecule has 6 atom stereocenters. The fourth-order valence-electron chi connectivity index (χ4n) is 5.72. The third-order valence-electron chi connectivity index (χ3n) is 7.38. The molecule has 1 aromatic rings. The lowest BCUT2D eigenvalue weighted by Crippen LogP contribution is -2.56. The summed E-state index contributed by atoms with van der Waals surface area (Å²) in [7, 11) is 0. The van der Waals surface area contributed by atoms with Gasteiger partial charge in [0.2, 0.25) is 11.9 Å². The van der Waals surface area contributed by atoms with Crippen molar-refractivity contribution in [2.24, 2.45) is 0 Å². The number of hydrogen-bond donors (Lipinski definition) is 1. The number of rotatable bonds is 7. The van der Waals surface area contributed by atoms with E-state index in [4.69, 9.17) is 33.2 Å². The van der Waals surface area contributed by atoms with Gasteiger partial charge in [0.15, 0.2) is 17.9 Å². The standard InChI is InChI=1S/C25H39N5O7/c1-24(2)34-17-16(33-20-19(18(17)35-24)36-25(3,4)37-20)14-32-23-28-21(26-13-15-9-8-12-31-15)27-22(29-23)30-10-6-5-7-11-30/h15-20H,5-14H2,1-4H3,(H,26,27,28,29)/t15?,16-,17+,18+,19-,20-/m1/s1. The van der Waals surface area contributed by atoms with E-state index in [-0.39, 0.29) is 37.0 Å². The van der Waals surface area contributed by atoms with Gasteiger partial charge in [-0.15, -0.1) is 0 Å². The molecular formula is C25H39N5O7. The molecule has 1 unspecified atom stereocenters. The number of nitrogens with one attached hydrogen (secondary N) is 1. The van der Waals surface area contributed by atoms with E-state index in [0.717, 1.165) is 45.4 Å². The first-order valence-electron chi connectivity index (χ1n) is 13.6. The van der Waals surface area contributed by atoms with Crippen LogP contribution in [0.4, 0.5) is 11.9 Å². The molecule has 6 rings (SSSR count). The maximum absolute atomic E-state index is 6.28. The highest BCUT2D eigenvalue weighted by Crippen LogP contribution is 2.44. The van der Waals surface area contributed by atoms with Crippen molar-refractivity contribution < 1.29 is 33.2 Å². The van der Waals surface area contributed by atoms with Gasteiger partial charge in [-0.25, -0.2) is 0 Å². The van der Waals surface area contributed by atoms with Gasteiger partial charge in [0, 0.05) is 26.2 Å². The van der Waals surface area contributed by atoms with Crippen LogP contribution in [0.3, 0.4) is 0 Å². The molecule has 5 aliphatic rings. The first kappa shape index (κ1) is 25.4. The number of fused-ring (bicyclic) bond motifs is 3. The Morgan fingerprint density at radius 1 is 0.892 bits per heavy atom. The van der Waals surface area contributed by atoms with Gasteiger partial charge >= 0.3 is 6.01 Å². The number of piperidine rings is 1. The van der Waals surface area contributed by atoms with E-state index in [1.807, 2.05) is 27.7 Å². The van der Waals surface area contributed by atoms with Crippen molar-refractivity contribution in [1.82, 2.24) is 15.0 Å². The third kappa shape index (κ3) is 5.64. The number of ether oxygens (including phenoxy) is 7. The van der Waals surface area contributed by atoms with Crippen molar-refractivity contribution in [2.45, 2.75) is 108 Å². The highest BCUT2D eigenvalue weighted by atomic mass is 16.9. The minimum atomic E-state index is -0.771. The van der Waals surface area contributed by atoms with Gasteiger partial charge in [-0.2, -0.15) is 15.0 Å². The van der Waals surface area contributed by atoms with E-state index in [9.17, 15) is 0 Å². The van der Waals surface area contributed by atoms with Crippen molar-refractivity contribution in [1.29, 1.82) is 0 Å². The predicted molar refractivity (Wildman–Crippen MR) is 131 cm³/mol. The van der Waals surface area contributed by atoms with Crippen LogP contribution in [0.2, 0.25) is 0 Å². The Balaban J connectivity index is 1.18. The summed E-state index contributed by atoms with van der Waals surface area (Å²) in [6.07, 6.45) is 3.61. The van der Waals surface area contributed by atoms with Crippen LogP contribution in [-0.2, 0) is 28.4 Å². The molecule has 0 aromatic carbocycles. The van der Waals surface area contributed by atoms with Crippen molar-refractivity contribution in [3.8, 4) is 6.01 Å². The van der Waals surface area contributed by atoms with E-state index in [2.05, 4.69) is 25.2 Å². The summed E-state index contributed by atoms with van der Waals surface area (Å²) in [5.41, 5.74) is 0. The van der Waals surface area contributed by atoms with Crippen LogP contribution in [0.5, 0.6) is 6.01 Å². The molecule has 206 valence electrons. The van der Waals surface area contributed by atoms with E-state index in [1.54, 1.807) is 0 Å². The van der Waals surface area contributed by atoms with Crippen LogP contribution in [0.15, 0.2) is 0 Å². The molecule has 0 aliphatic carbocycles. The average molecular weight is 522 g/mol. The Labute approximate surface area is 217 Å². The maximum Gasteiger partial charge on any atom is 0.323 e. The maximum atomic E-state index is 6.28. The molecule has 37 heavy (non-hydrogen) atoms. The molecule has 12 nitrogen and oxygen atoms in total. The van der Waals surface area contributed by atoms with Gasteiger partial charge in [0.1, 0.15) is 31.0 Å². The van der Waals surface area contributed by atoms with Crippen molar-refractivity contribution in [2.75, 3.05) is 43.1 Å². The normalized spacial score (nSPS) is 36.3. The van der Waals surface area contributed by atoms with Gasteiger partial charge in [-0.3, -0.25) is 0 Å². The Kier molecular flexibility index (Phi) is 6.91. The summed E-state index contributed by atoms with van der Waals surface area (Å²) in [6, 6.07) is 0.245. The quantitative estimate of drug-likeness (QED) is 0.567. The molecule has 5 aliphatic heterocycles. The lowest BCUT2D eigenvalue weighted by atomic mass is 9.99. The van der Waals surface area contributed by atoms with Crippen molar-refractivity contribution in [3.05, 3.63) is 0 Å². The van der Waals surface area contributed by atoms with Crippen LogP contribution < -0.4 is 15.0 Å². The highest BCUT2D eigenvalue weighted by molar-refractivity contribution is 5.39. The second-order valence-corrected chi connectivity index (χ2v) is 11.3. The molecule has 0 amide bonds. The number of hydrogen-bond acceptors (Lipinski definition) is 12. The largest absolute Gasteiger partial charge is 0.460 e. The first-order valence-corrected chi connectivity index (χ1v) is 13.6. The molecule has 0 spiro atoms. The smallest absolute Gasteiger partial charge is 0.323 e. The Hall–Kier alpha value is -1.83. The molecular weight excluding hydrogens is 482 g/mol. The summed E-state index contributed by atoms with van der Waals surface area (Å²) in [5.74, 6) is -0.430. The Morgan fingerprint density at radius 2 is 1.65 bits per heavy atom. The molecule has 0 saturated carbocycles. The minimum absolute atomic E-state index is 0.167. The molecule has 12 heteroatoms. The average Bonchev–Trinajstić information content (AvgIpc) is 3.57. The molecule has 0 radical (unpaired) electrons. The number of anilines is 2. The highest BCUT2D eigenvalue weighted by Gasteiger charge is 2.60. The topological polar surface area (TPSA) is 119 Å². The molecule has 5 saturated heterocycles. The summed E-state index contributed by atoms with van der Waals surface area (Å²) >= 11 is 0. The molecule has 0 bridgehead atoms. The predicted octanol–water partition coefficient (Wildman–Crippen LogP) is 2.23. The summed E-state index contributed by atoms with van der Waals surface area (Å²) in [4.78, 5) is 16.1. The minimum Gasteiger partial charge on any atom is -0.460 e. The molecule has 1 aromatic heterocycles. The second-order valence-electron chi connectivity index (χ2n) is 11.3. The van der Waals surface area contributed by atoms with Crippen LogP contribution in [-0.4, -0.2) is 96.2 Å². The van der Waals surface area contributed by atoms with Gasteiger partial charge in [-0.1, -0.05) is 0 Å². The second kappa shape index (κ2) is 10.0. The molecule has 6 heterocycles. The van der Waals surface area contributed by atoms with Crippen LogP contribution >= 0.6 is 0 Å². The van der Waals surface area contributed by atoms with E-state index in [0.29, 0.717) is 18.4 Å². The zero-order valence-corrected chi connectivity index (χ0v) is 22.2. The van der Waals surface area contributed by atoms with E-state index >= 15 is 0 Å². The zero-order chi connectivity index (χ0) is 25.6. The first-order chi connectivity index (χ1) is 17.7. The fraction of sp³-hybridized carbons (Fsp3) is 0.880. The van der Waals surface area contributed by atoms with Gasteiger partial charge in [-0.05, 0) is 59.8 Å². The van der Waals surface area contributed by atoms with E-state index in [1.165, 1.54) is 6.42 Å². The summed E-state index contributed by atoms with van der Waals surface area (Å²) in [6.45, 7) is 11.0. The number of nitrogens with zero attached hydrogens (tertiary/aromatic N) is 4. The summed E-state index contributed by atoms with van der Waals surface area (Å²) in [5, 5.41) is 3.33. The van der Waals surface area contributed by atoms with Crippen LogP contribution in [0.1, 0.15) is 59.8 Å². The van der Waals surface area contributed by atoms with Crippen molar-refractivity contribution >= 4 is 11.9 Å². The van der Waals surface area contributed by atoms with Gasteiger partial charge in [0.25, 0.3) is 0 Å². The fourth-order valence-corrected chi connectivity index (χ4v) is 5.72. The van der Waals surface area contributed by atoms with Crippen LogP contribution in [0, 0.1) is 0 Å². The number of aromatic nitrogens is 3. The Morgan fingerprint density at radius 3 is 2.43 bits per heavy atom. The van der Waals surface area contributed by atoms with Gasteiger partial charge < -0.3 is 43.4 Å². The SMILES string of the molecule is CC1(C)O[C@H]2[C@@H](O1)[C@@H](COc1nc(NCC3CCCO3)nc(N3CCCCC3)n1)O[C@@H]1OC(C)(C)O[C@@H]12. The van der Waals surface area contributed by atoms with Crippen LogP contribution in [0.25, 0.3) is 0 Å². The molecule has 1 N–H and O–H groups in total. The molecule has 5 fully saturated rings. The lowest BCUT2D eigenvalue weighted by molar-refractivity contribution is -0.238.